The van der Waals surface area contributed by atoms with Gasteiger partial charge in [0, 0.05) is 124 Å². The number of aliphatic hydroxyl groups is 3. The van der Waals surface area contributed by atoms with Crippen LogP contribution in [0.25, 0.3) is 32.7 Å². The summed E-state index contributed by atoms with van der Waals surface area (Å²) in [7, 11) is 0. The largest absolute Gasteiger partial charge is 0.494 e. The molecular formula is C70H78F10N8O6. The minimum Gasteiger partial charge on any atom is -0.494 e. The number of pyridine rings is 2. The van der Waals surface area contributed by atoms with Crippen LogP contribution in [0.2, 0.25) is 0 Å². The first-order chi connectivity index (χ1) is 44.6. The van der Waals surface area contributed by atoms with E-state index in [9.17, 15) is 41.7 Å². The highest BCUT2D eigenvalue weighted by Gasteiger charge is 2.45. The van der Waals surface area contributed by atoms with E-state index in [1.54, 1.807) is 54.1 Å². The zero-order valence-corrected chi connectivity index (χ0v) is 53.7. The van der Waals surface area contributed by atoms with Crippen LogP contribution in [-0.2, 0) is 19.3 Å². The number of nitrogens with zero attached hydrogens (tertiary/aromatic N) is 5. The standard InChI is InChI=1S/C24H26F4N2O2.C23H25F4N3O2.C23H27F2N3O2/c1-4-32-15-9-18(26)21(19(27)10-15)23-22-17(16-6-5-14(25)8-20(16)29-22)7-13(2)30(23)11-24(3,28)12-31;1-4-32-18-9-16(25)19(22(26)29-18)21-20-15(14-6-5-13(24)8-17(14)28-20)7-12(2)30(21)10-23(3,27)11-31;1-4-30-20-8-5-15(11-26-20)22-21-18(17-7-6-16(24)10-19(17)27-21)9-14(2)28(22)12-23(3,25)13-29/h5-6,8-10,13,23,29,31H,4,7,11-12H2,1-3H3;5-6,8-9,12,21,28,31H,4,7,10-11H2,1-3H3;5-8,10-11,14,22,27,29H,4,9,12-13H2,1-3H3. The number of nitrogens with one attached hydrogen (secondary N) is 3. The van der Waals surface area contributed by atoms with Gasteiger partial charge in [0.25, 0.3) is 0 Å². The predicted octanol–water partition coefficient (Wildman–Crippen LogP) is 13.6. The van der Waals surface area contributed by atoms with Crippen molar-refractivity contribution in [2.24, 2.45) is 0 Å². The quantitative estimate of drug-likeness (QED) is 0.0357. The Kier molecular flexibility index (Phi) is 20.5. The van der Waals surface area contributed by atoms with Gasteiger partial charge in [0.15, 0.2) is 0 Å². The second-order valence-corrected chi connectivity index (χ2v) is 25.4. The van der Waals surface area contributed by atoms with Crippen molar-refractivity contribution in [2.45, 2.75) is 135 Å². The molecule has 504 valence electrons. The number of alkyl halides is 3. The van der Waals surface area contributed by atoms with Crippen molar-refractivity contribution in [3.8, 4) is 17.5 Å². The number of hydrogen-bond acceptors (Lipinski definition) is 11. The third kappa shape index (κ3) is 14.3. The van der Waals surface area contributed by atoms with Crippen LogP contribution in [0.1, 0.15) is 131 Å². The van der Waals surface area contributed by atoms with Gasteiger partial charge in [0.05, 0.1) is 63.3 Å². The summed E-state index contributed by atoms with van der Waals surface area (Å²) < 4.78 is 163. The van der Waals surface area contributed by atoms with Crippen molar-refractivity contribution in [1.82, 2.24) is 39.6 Å². The van der Waals surface area contributed by atoms with Gasteiger partial charge in [-0.15, -0.1) is 0 Å². The second kappa shape index (κ2) is 27.9. The molecule has 0 aliphatic carbocycles. The third-order valence-corrected chi connectivity index (χ3v) is 17.7. The smallest absolute Gasteiger partial charge is 0.224 e. The Bertz CT molecular complexity index is 3930. The maximum atomic E-state index is 15.3. The lowest BCUT2D eigenvalue weighted by atomic mass is 9.87. The SMILES string of the molecule is CCOc1cc(F)c(C2c3[nH]c4cc(F)ccc4c3CC(C)N2CC(C)(F)CO)c(F)c1.CCOc1cc(F)c(C2c3[nH]c4cc(F)ccc4c3CC(C)N2CC(C)(F)CO)c(F)n1.CCOc1ccc(C2c3[nH]c4cc(F)ccc4c3CC(C)N2CC(C)(F)CO)cn1. The lowest BCUT2D eigenvalue weighted by Crippen LogP contribution is -2.50. The molecule has 94 heavy (non-hydrogen) atoms. The monoisotopic (exact) mass is 1320 g/mol. The van der Waals surface area contributed by atoms with Crippen LogP contribution in [0, 0.1) is 40.9 Å². The van der Waals surface area contributed by atoms with Crippen LogP contribution >= 0.6 is 0 Å². The average Bonchev–Trinajstić information content (AvgIpc) is 1.67. The molecular weight excluding hydrogens is 1240 g/mol. The molecule has 24 heteroatoms. The first kappa shape index (κ1) is 69.1. The molecule has 0 radical (unpaired) electrons. The first-order valence-corrected chi connectivity index (χ1v) is 31.4. The molecule has 4 aromatic carbocycles. The van der Waals surface area contributed by atoms with E-state index in [2.05, 4.69) is 24.9 Å². The Morgan fingerprint density at radius 2 is 0.851 bits per heavy atom. The van der Waals surface area contributed by atoms with Crippen molar-refractivity contribution >= 4 is 32.7 Å². The van der Waals surface area contributed by atoms with Crippen molar-refractivity contribution in [3.63, 3.8) is 0 Å². The minimum atomic E-state index is -2.01. The van der Waals surface area contributed by atoms with Gasteiger partial charge >= 0.3 is 0 Å². The van der Waals surface area contributed by atoms with Crippen LogP contribution < -0.4 is 14.2 Å². The molecule has 0 spiro atoms. The summed E-state index contributed by atoms with van der Waals surface area (Å²) in [5.74, 6) is -4.39. The topological polar surface area (TPSA) is 171 Å². The molecule has 0 saturated carbocycles. The normalized spacial score (nSPS) is 21.0. The average molecular weight is 1320 g/mol. The van der Waals surface area contributed by atoms with Gasteiger partial charge in [-0.05, 0) is 158 Å². The number of aliphatic hydroxyl groups excluding tert-OH is 3. The number of aromatic amines is 3. The van der Waals surface area contributed by atoms with Gasteiger partial charge in [-0.1, -0.05) is 6.07 Å². The van der Waals surface area contributed by atoms with E-state index >= 15 is 17.6 Å². The zero-order valence-electron chi connectivity index (χ0n) is 53.7. The Morgan fingerprint density at radius 3 is 1.22 bits per heavy atom. The lowest BCUT2D eigenvalue weighted by molar-refractivity contribution is 0.0160. The molecule has 5 aromatic heterocycles. The molecule has 9 unspecified atom stereocenters. The molecule has 0 bridgehead atoms. The van der Waals surface area contributed by atoms with E-state index in [0.717, 1.165) is 67.8 Å². The van der Waals surface area contributed by atoms with E-state index in [1.165, 1.54) is 57.2 Å². The number of rotatable bonds is 18. The van der Waals surface area contributed by atoms with Crippen LogP contribution in [0.5, 0.6) is 17.5 Å². The number of aromatic nitrogens is 5. The molecule has 0 saturated heterocycles. The molecule has 0 fully saturated rings. The van der Waals surface area contributed by atoms with E-state index in [0.29, 0.717) is 54.2 Å². The van der Waals surface area contributed by atoms with Gasteiger partial charge in [-0.2, -0.15) is 9.37 Å². The van der Waals surface area contributed by atoms with Crippen molar-refractivity contribution in [2.75, 3.05) is 59.3 Å². The summed E-state index contributed by atoms with van der Waals surface area (Å²) in [5.41, 5.74) is 0.793. The summed E-state index contributed by atoms with van der Waals surface area (Å²) in [5, 5.41) is 31.0. The summed E-state index contributed by atoms with van der Waals surface area (Å²) in [6.07, 6.45) is 3.36. The second-order valence-electron chi connectivity index (χ2n) is 25.4. The predicted molar refractivity (Wildman–Crippen MR) is 338 cm³/mol. The van der Waals surface area contributed by atoms with Crippen LogP contribution in [0.4, 0.5) is 43.9 Å². The van der Waals surface area contributed by atoms with Gasteiger partial charge in [-0.25, -0.2) is 44.5 Å². The number of halogens is 10. The number of fused-ring (bicyclic) bond motifs is 9. The van der Waals surface area contributed by atoms with E-state index in [-0.39, 0.29) is 85.6 Å². The van der Waals surface area contributed by atoms with E-state index in [1.807, 2.05) is 38.7 Å². The molecule has 9 aromatic rings. The highest BCUT2D eigenvalue weighted by Crippen LogP contribution is 2.47. The Hall–Kier alpha value is -7.74. The number of benzene rings is 4. The zero-order chi connectivity index (χ0) is 67.9. The van der Waals surface area contributed by atoms with Crippen molar-refractivity contribution in [3.05, 3.63) is 182 Å². The maximum absolute atomic E-state index is 15.3. The highest BCUT2D eigenvalue weighted by atomic mass is 19.2. The van der Waals surface area contributed by atoms with Gasteiger partial charge in [0.1, 0.15) is 57.7 Å². The van der Waals surface area contributed by atoms with E-state index in [4.69, 9.17) is 14.2 Å². The van der Waals surface area contributed by atoms with Gasteiger partial charge in [0.2, 0.25) is 17.7 Å². The highest BCUT2D eigenvalue weighted by molar-refractivity contribution is 5.87. The summed E-state index contributed by atoms with van der Waals surface area (Å²) >= 11 is 0. The van der Waals surface area contributed by atoms with E-state index < -0.39 is 83.9 Å². The van der Waals surface area contributed by atoms with Gasteiger partial charge in [-0.3, -0.25) is 14.7 Å². The van der Waals surface area contributed by atoms with Crippen molar-refractivity contribution in [1.29, 1.82) is 0 Å². The Balaban J connectivity index is 0.000000154. The first-order valence-electron chi connectivity index (χ1n) is 31.4. The molecule has 6 N–H and O–H groups in total. The molecule has 3 aliphatic heterocycles. The number of hydrogen-bond donors (Lipinski definition) is 6. The third-order valence-electron chi connectivity index (χ3n) is 17.7. The number of ether oxygens (including phenoxy) is 3. The lowest BCUT2D eigenvalue weighted by Gasteiger charge is -2.43. The molecule has 9 atom stereocenters. The number of H-pyrrole nitrogens is 3. The fourth-order valence-corrected chi connectivity index (χ4v) is 13.4. The molecule has 14 nitrogen and oxygen atoms in total. The van der Waals surface area contributed by atoms with Gasteiger partial charge < -0.3 is 44.5 Å². The molecule has 3 aliphatic rings. The minimum absolute atomic E-state index is 0.0137. The fraction of sp³-hybridized carbons (Fsp3) is 0.429. The Labute approximate surface area is 537 Å². The summed E-state index contributed by atoms with van der Waals surface area (Å²) in [6, 6.07) is 17.3. The summed E-state index contributed by atoms with van der Waals surface area (Å²) in [4.78, 5) is 23.0. The summed E-state index contributed by atoms with van der Waals surface area (Å²) in [6.45, 7) is 13.3. The van der Waals surface area contributed by atoms with Crippen LogP contribution in [-0.4, -0.2) is 149 Å². The van der Waals surface area contributed by atoms with Crippen molar-refractivity contribution < 1.29 is 73.4 Å². The molecule has 0 amide bonds. The fourth-order valence-electron chi connectivity index (χ4n) is 13.4. The maximum Gasteiger partial charge on any atom is 0.224 e. The molecule has 12 rings (SSSR count). The van der Waals surface area contributed by atoms with Crippen LogP contribution in [0.15, 0.2) is 91.1 Å². The van der Waals surface area contributed by atoms with Crippen LogP contribution in [0.3, 0.4) is 0 Å². The molecule has 8 heterocycles. The Morgan fingerprint density at radius 1 is 0.479 bits per heavy atom.